The Morgan fingerprint density at radius 2 is 1.51 bits per heavy atom. The lowest BCUT2D eigenvalue weighted by molar-refractivity contribution is -0.159. The fourth-order valence-corrected chi connectivity index (χ4v) is 5.03. The number of benzene rings is 2. The van der Waals surface area contributed by atoms with Crippen LogP contribution in [-0.2, 0) is 27.3 Å². The van der Waals surface area contributed by atoms with Crippen LogP contribution in [0.3, 0.4) is 0 Å². The number of carboxylic acid groups (broad SMARTS) is 2. The van der Waals surface area contributed by atoms with Gasteiger partial charge in [-0.05, 0) is 62.6 Å². The number of aryl methyl sites for hydroxylation is 1. The summed E-state index contributed by atoms with van der Waals surface area (Å²) in [6.45, 7) is 7.00. The molecule has 4 rings (SSSR count). The van der Waals surface area contributed by atoms with Gasteiger partial charge in [0.2, 0.25) is 5.91 Å². The zero-order valence-electron chi connectivity index (χ0n) is 20.4. The molecule has 0 aromatic heterocycles. The van der Waals surface area contributed by atoms with Crippen molar-refractivity contribution in [2.75, 3.05) is 26.2 Å². The molecule has 0 spiro atoms. The molecule has 2 aliphatic rings. The topological polar surface area (TPSA) is 98.2 Å². The summed E-state index contributed by atoms with van der Waals surface area (Å²) in [7, 11) is 0. The Kier molecular flexibility index (Phi) is 9.85. The van der Waals surface area contributed by atoms with Gasteiger partial charge in [0.1, 0.15) is 0 Å². The number of amides is 1. The molecule has 7 nitrogen and oxygen atoms in total. The van der Waals surface area contributed by atoms with E-state index in [1.54, 1.807) is 0 Å². The third-order valence-corrected chi connectivity index (χ3v) is 6.82. The minimum absolute atomic E-state index is 0.180. The van der Waals surface area contributed by atoms with Crippen LogP contribution >= 0.6 is 0 Å². The second kappa shape index (κ2) is 13.0. The van der Waals surface area contributed by atoms with Gasteiger partial charge in [0.15, 0.2) is 0 Å². The summed E-state index contributed by atoms with van der Waals surface area (Å²) >= 11 is 0. The third kappa shape index (κ3) is 8.51. The molecule has 0 saturated carbocycles. The van der Waals surface area contributed by atoms with Crippen molar-refractivity contribution in [3.05, 3.63) is 71.3 Å². The van der Waals surface area contributed by atoms with E-state index in [2.05, 4.69) is 71.3 Å². The van der Waals surface area contributed by atoms with Gasteiger partial charge in [0.25, 0.3) is 0 Å². The molecule has 2 heterocycles. The molecule has 1 unspecified atom stereocenters. The molecule has 35 heavy (non-hydrogen) atoms. The summed E-state index contributed by atoms with van der Waals surface area (Å²) in [5.74, 6) is -2.35. The van der Waals surface area contributed by atoms with Crippen molar-refractivity contribution in [3.8, 4) is 0 Å². The van der Waals surface area contributed by atoms with Crippen molar-refractivity contribution in [3.63, 3.8) is 0 Å². The first-order valence-corrected chi connectivity index (χ1v) is 12.4. The Morgan fingerprint density at radius 1 is 0.857 bits per heavy atom. The second-order valence-electron chi connectivity index (χ2n) is 9.63. The van der Waals surface area contributed by atoms with E-state index in [9.17, 15) is 4.79 Å². The summed E-state index contributed by atoms with van der Waals surface area (Å²) in [6.07, 6.45) is 5.61. The monoisotopic (exact) mass is 480 g/mol. The highest BCUT2D eigenvalue weighted by Gasteiger charge is 2.31. The molecule has 1 atom stereocenters. The predicted molar refractivity (Wildman–Crippen MR) is 134 cm³/mol. The number of piperidine rings is 2. The standard InChI is InChI=1S/C26H34N2O.C2H2O4/c1-21-7-5-10-24(17-21)19-27-14-6-11-25(20-27)26(29)28-15-12-23(13-16-28)18-22-8-3-2-4-9-22;3-1(4)2(5)6/h2-5,7-10,17,23,25H,6,11-16,18-20H2,1H3;(H,3,4)(H,5,6). The number of rotatable bonds is 5. The molecule has 1 amide bonds. The Balaban J connectivity index is 0.000000509. The Morgan fingerprint density at radius 3 is 2.14 bits per heavy atom. The first-order chi connectivity index (χ1) is 16.8. The van der Waals surface area contributed by atoms with Gasteiger partial charge in [-0.2, -0.15) is 0 Å². The molecule has 2 saturated heterocycles. The zero-order chi connectivity index (χ0) is 25.2. The fraction of sp³-hybridized carbons (Fsp3) is 0.464. The van der Waals surface area contributed by atoms with Crippen molar-refractivity contribution >= 4 is 17.8 Å². The molecular formula is C28H36N2O5. The third-order valence-electron chi connectivity index (χ3n) is 6.82. The number of carboxylic acids is 2. The van der Waals surface area contributed by atoms with E-state index in [0.29, 0.717) is 11.8 Å². The Bertz CT molecular complexity index is 974. The van der Waals surface area contributed by atoms with Gasteiger partial charge in [-0.3, -0.25) is 9.69 Å². The minimum atomic E-state index is -1.82. The second-order valence-corrected chi connectivity index (χ2v) is 9.63. The summed E-state index contributed by atoms with van der Waals surface area (Å²) < 4.78 is 0. The lowest BCUT2D eigenvalue weighted by Crippen LogP contribution is -2.47. The average molecular weight is 481 g/mol. The molecule has 0 bridgehead atoms. The molecule has 7 heteroatoms. The van der Waals surface area contributed by atoms with Gasteiger partial charge in [-0.15, -0.1) is 0 Å². The van der Waals surface area contributed by atoms with Crippen molar-refractivity contribution in [2.24, 2.45) is 11.8 Å². The van der Waals surface area contributed by atoms with Gasteiger partial charge >= 0.3 is 11.9 Å². The number of hydrogen-bond donors (Lipinski definition) is 2. The molecule has 0 aliphatic carbocycles. The van der Waals surface area contributed by atoms with Crippen LogP contribution in [0.2, 0.25) is 0 Å². The van der Waals surface area contributed by atoms with Crippen molar-refractivity contribution in [2.45, 2.75) is 45.6 Å². The van der Waals surface area contributed by atoms with Gasteiger partial charge in [-0.25, -0.2) is 9.59 Å². The van der Waals surface area contributed by atoms with E-state index >= 15 is 0 Å². The quantitative estimate of drug-likeness (QED) is 0.631. The van der Waals surface area contributed by atoms with Gasteiger partial charge < -0.3 is 15.1 Å². The highest BCUT2D eigenvalue weighted by molar-refractivity contribution is 6.27. The number of carbonyl (C=O) groups is 3. The highest BCUT2D eigenvalue weighted by Crippen LogP contribution is 2.26. The molecule has 0 radical (unpaired) electrons. The van der Waals surface area contributed by atoms with Gasteiger partial charge in [-0.1, -0.05) is 60.2 Å². The Hall–Kier alpha value is -3.19. The van der Waals surface area contributed by atoms with E-state index in [1.807, 2.05) is 0 Å². The maximum atomic E-state index is 13.2. The lowest BCUT2D eigenvalue weighted by Gasteiger charge is -2.38. The van der Waals surface area contributed by atoms with E-state index in [4.69, 9.17) is 19.8 Å². The summed E-state index contributed by atoms with van der Waals surface area (Å²) in [4.78, 5) is 36.0. The van der Waals surface area contributed by atoms with Crippen LogP contribution in [0.5, 0.6) is 0 Å². The minimum Gasteiger partial charge on any atom is -0.473 e. The lowest BCUT2D eigenvalue weighted by atomic mass is 9.89. The molecule has 2 aromatic rings. The molecule has 188 valence electrons. The molecule has 2 N–H and O–H groups in total. The fourth-order valence-electron chi connectivity index (χ4n) is 5.03. The summed E-state index contributed by atoms with van der Waals surface area (Å²) in [6, 6.07) is 19.5. The number of hydrogen-bond acceptors (Lipinski definition) is 4. The average Bonchev–Trinajstić information content (AvgIpc) is 2.85. The largest absolute Gasteiger partial charge is 0.473 e. The molecular weight excluding hydrogens is 444 g/mol. The number of likely N-dealkylation sites (tertiary alicyclic amines) is 2. The van der Waals surface area contributed by atoms with Crippen LogP contribution in [0.25, 0.3) is 0 Å². The maximum Gasteiger partial charge on any atom is 0.414 e. The van der Waals surface area contributed by atoms with Crippen molar-refractivity contribution in [1.82, 2.24) is 9.80 Å². The number of nitrogens with zero attached hydrogens (tertiary/aromatic N) is 2. The first kappa shape index (κ1) is 26.4. The van der Waals surface area contributed by atoms with E-state index < -0.39 is 11.9 Å². The van der Waals surface area contributed by atoms with Crippen LogP contribution < -0.4 is 0 Å². The number of carbonyl (C=O) groups excluding carboxylic acids is 1. The van der Waals surface area contributed by atoms with Gasteiger partial charge in [0, 0.05) is 26.2 Å². The first-order valence-electron chi connectivity index (χ1n) is 12.4. The predicted octanol–water partition coefficient (Wildman–Crippen LogP) is 3.84. The highest BCUT2D eigenvalue weighted by atomic mass is 16.4. The Labute approximate surface area is 207 Å². The normalized spacial score (nSPS) is 18.9. The molecule has 2 fully saturated rings. The SMILES string of the molecule is Cc1cccc(CN2CCCC(C(=O)N3CCC(Cc4ccccc4)CC3)C2)c1.O=C(O)C(=O)O. The van der Waals surface area contributed by atoms with Crippen LogP contribution in [0.4, 0.5) is 0 Å². The van der Waals surface area contributed by atoms with E-state index in [1.165, 1.54) is 16.7 Å². The summed E-state index contributed by atoms with van der Waals surface area (Å²) in [5.41, 5.74) is 4.10. The van der Waals surface area contributed by atoms with Gasteiger partial charge in [0.05, 0.1) is 5.92 Å². The van der Waals surface area contributed by atoms with Crippen LogP contribution in [0.1, 0.15) is 42.4 Å². The van der Waals surface area contributed by atoms with Crippen LogP contribution in [0.15, 0.2) is 54.6 Å². The zero-order valence-corrected chi connectivity index (χ0v) is 20.4. The van der Waals surface area contributed by atoms with Crippen molar-refractivity contribution in [1.29, 1.82) is 0 Å². The van der Waals surface area contributed by atoms with Crippen LogP contribution in [0, 0.1) is 18.8 Å². The van der Waals surface area contributed by atoms with Crippen molar-refractivity contribution < 1.29 is 24.6 Å². The molecule has 2 aromatic carbocycles. The summed E-state index contributed by atoms with van der Waals surface area (Å²) in [5, 5.41) is 14.8. The van der Waals surface area contributed by atoms with E-state index in [-0.39, 0.29) is 5.92 Å². The smallest absolute Gasteiger partial charge is 0.414 e. The van der Waals surface area contributed by atoms with Crippen LogP contribution in [-0.4, -0.2) is 64.0 Å². The molecule has 2 aliphatic heterocycles. The maximum absolute atomic E-state index is 13.2. The number of aliphatic carboxylic acids is 2. The van der Waals surface area contributed by atoms with E-state index in [0.717, 1.165) is 64.8 Å².